The predicted molar refractivity (Wildman–Crippen MR) is 114 cm³/mol. The topological polar surface area (TPSA) is 67.2 Å². The van der Waals surface area contributed by atoms with Gasteiger partial charge in [-0.2, -0.15) is 0 Å². The molecule has 0 aromatic carbocycles. The molecule has 0 aliphatic heterocycles. The van der Waals surface area contributed by atoms with Gasteiger partial charge >= 0.3 is 0 Å². The highest BCUT2D eigenvalue weighted by Crippen LogP contribution is 2.09. The molecule has 0 aromatic rings. The lowest BCUT2D eigenvalue weighted by molar-refractivity contribution is -0.121. The molecule has 0 aliphatic rings. The first-order valence-electron chi connectivity index (χ1n) is 11.1. The molecule has 0 heterocycles. The van der Waals surface area contributed by atoms with Crippen LogP contribution in [0.4, 0.5) is 0 Å². The number of carbonyl (C=O) groups excluding carboxylic acids is 1. The monoisotopic (exact) mass is 367 g/mol. The molecule has 0 aliphatic carbocycles. The van der Waals surface area contributed by atoms with E-state index in [2.05, 4.69) is 29.7 Å². The van der Waals surface area contributed by atoms with Crippen molar-refractivity contribution in [2.75, 3.05) is 26.2 Å². The van der Waals surface area contributed by atoms with Gasteiger partial charge in [-0.1, -0.05) is 70.4 Å². The fourth-order valence-corrected chi connectivity index (χ4v) is 2.96. The quantitative estimate of drug-likeness (QED) is 0.216. The van der Waals surface area contributed by atoms with E-state index in [9.17, 15) is 4.79 Å². The molecule has 4 heteroatoms. The van der Waals surface area contributed by atoms with Gasteiger partial charge in [-0.15, -0.1) is 0 Å². The van der Waals surface area contributed by atoms with Crippen LogP contribution in [0.2, 0.25) is 0 Å². The van der Waals surface area contributed by atoms with E-state index in [0.717, 1.165) is 19.5 Å². The molecule has 0 saturated heterocycles. The van der Waals surface area contributed by atoms with Crippen LogP contribution in [0.25, 0.3) is 0 Å². The second-order valence-electron chi connectivity index (χ2n) is 7.22. The van der Waals surface area contributed by atoms with Gasteiger partial charge < -0.3 is 16.4 Å². The largest absolute Gasteiger partial charge is 0.355 e. The summed E-state index contributed by atoms with van der Waals surface area (Å²) in [7, 11) is 0. The van der Waals surface area contributed by atoms with E-state index in [1.165, 1.54) is 77.0 Å². The standard InChI is InChI=1S/C22H45N3O/c1-2-3-4-5-6-7-8-9-10-11-12-13-14-15-16-17-22(26)25-21-20-24-19-18-23/h9-10,24H,2-8,11-21,23H2,1H3,(H,25,26). The van der Waals surface area contributed by atoms with Gasteiger partial charge in [0, 0.05) is 32.6 Å². The van der Waals surface area contributed by atoms with Crippen molar-refractivity contribution < 1.29 is 4.79 Å². The Morgan fingerprint density at radius 2 is 1.35 bits per heavy atom. The van der Waals surface area contributed by atoms with Gasteiger partial charge in [-0.05, 0) is 32.1 Å². The number of hydrogen-bond donors (Lipinski definition) is 3. The fourth-order valence-electron chi connectivity index (χ4n) is 2.96. The Morgan fingerprint density at radius 1 is 0.769 bits per heavy atom. The van der Waals surface area contributed by atoms with Crippen molar-refractivity contribution in [2.45, 2.75) is 96.8 Å². The number of nitrogens with one attached hydrogen (secondary N) is 2. The first-order valence-corrected chi connectivity index (χ1v) is 11.1. The number of carbonyl (C=O) groups is 1. The zero-order valence-electron chi connectivity index (χ0n) is 17.4. The van der Waals surface area contributed by atoms with Gasteiger partial charge in [-0.3, -0.25) is 4.79 Å². The van der Waals surface area contributed by atoms with Crippen LogP contribution in [-0.4, -0.2) is 32.1 Å². The van der Waals surface area contributed by atoms with Gasteiger partial charge in [0.15, 0.2) is 0 Å². The number of allylic oxidation sites excluding steroid dienone is 2. The summed E-state index contributed by atoms with van der Waals surface area (Å²) in [5.74, 6) is 0.178. The van der Waals surface area contributed by atoms with E-state index >= 15 is 0 Å². The molecule has 154 valence electrons. The lowest BCUT2D eigenvalue weighted by atomic mass is 10.1. The van der Waals surface area contributed by atoms with Crippen LogP contribution < -0.4 is 16.4 Å². The summed E-state index contributed by atoms with van der Waals surface area (Å²) in [4.78, 5) is 11.6. The first kappa shape index (κ1) is 25.1. The van der Waals surface area contributed by atoms with Gasteiger partial charge in [0.05, 0.1) is 0 Å². The van der Waals surface area contributed by atoms with Crippen molar-refractivity contribution in [2.24, 2.45) is 5.73 Å². The van der Waals surface area contributed by atoms with Gasteiger partial charge in [0.25, 0.3) is 0 Å². The summed E-state index contributed by atoms with van der Waals surface area (Å²) >= 11 is 0. The van der Waals surface area contributed by atoms with Crippen LogP contribution >= 0.6 is 0 Å². The SMILES string of the molecule is CCCCCCCCC=CCCCCCCCC(=O)NCCNCCN. The Bertz CT molecular complexity index is 319. The van der Waals surface area contributed by atoms with Crippen LogP contribution in [0, 0.1) is 0 Å². The highest BCUT2D eigenvalue weighted by Gasteiger charge is 1.99. The third-order valence-corrected chi connectivity index (χ3v) is 4.61. The maximum atomic E-state index is 11.6. The molecule has 0 bridgehead atoms. The number of unbranched alkanes of at least 4 members (excludes halogenated alkanes) is 11. The molecule has 0 aromatic heterocycles. The lowest BCUT2D eigenvalue weighted by Gasteiger charge is -2.06. The Kier molecular flexibility index (Phi) is 21.4. The van der Waals surface area contributed by atoms with E-state index in [1.54, 1.807) is 0 Å². The summed E-state index contributed by atoms with van der Waals surface area (Å²) in [5.41, 5.74) is 5.39. The highest BCUT2D eigenvalue weighted by atomic mass is 16.1. The molecule has 0 spiro atoms. The summed E-state index contributed by atoms with van der Waals surface area (Å²) < 4.78 is 0. The van der Waals surface area contributed by atoms with Gasteiger partial charge in [-0.25, -0.2) is 0 Å². The second kappa shape index (κ2) is 22.2. The van der Waals surface area contributed by atoms with Crippen molar-refractivity contribution in [1.29, 1.82) is 0 Å². The first-order chi connectivity index (χ1) is 12.8. The predicted octanol–water partition coefficient (Wildman–Crippen LogP) is 4.69. The minimum atomic E-state index is 0.178. The van der Waals surface area contributed by atoms with Gasteiger partial charge in [0.2, 0.25) is 5.91 Å². The minimum Gasteiger partial charge on any atom is -0.355 e. The summed E-state index contributed by atoms with van der Waals surface area (Å²) in [5, 5.41) is 6.11. The van der Waals surface area contributed by atoms with Crippen molar-refractivity contribution >= 4 is 5.91 Å². The smallest absolute Gasteiger partial charge is 0.220 e. The Balaban J connectivity index is 3.18. The average molecular weight is 368 g/mol. The summed E-state index contributed by atoms with van der Waals surface area (Å²) in [6.45, 7) is 5.22. The number of amides is 1. The number of nitrogens with two attached hydrogens (primary N) is 1. The van der Waals surface area contributed by atoms with Crippen LogP contribution in [0.15, 0.2) is 12.2 Å². The molecular weight excluding hydrogens is 322 g/mol. The van der Waals surface area contributed by atoms with Crippen LogP contribution in [-0.2, 0) is 4.79 Å². The molecule has 26 heavy (non-hydrogen) atoms. The molecule has 4 N–H and O–H groups in total. The molecule has 4 nitrogen and oxygen atoms in total. The zero-order valence-corrected chi connectivity index (χ0v) is 17.4. The van der Waals surface area contributed by atoms with E-state index in [-0.39, 0.29) is 5.91 Å². The van der Waals surface area contributed by atoms with E-state index in [1.807, 2.05) is 0 Å². The van der Waals surface area contributed by atoms with Gasteiger partial charge in [0.1, 0.15) is 0 Å². The maximum Gasteiger partial charge on any atom is 0.220 e. The van der Waals surface area contributed by atoms with Crippen LogP contribution in [0.1, 0.15) is 96.8 Å². The third kappa shape index (κ3) is 21.2. The molecule has 0 atom stereocenters. The van der Waals surface area contributed by atoms with Crippen molar-refractivity contribution in [3.05, 3.63) is 12.2 Å². The molecule has 0 unspecified atom stereocenters. The molecule has 1 amide bonds. The Hall–Kier alpha value is -0.870. The maximum absolute atomic E-state index is 11.6. The molecule has 0 rings (SSSR count). The Labute approximate surface area is 162 Å². The normalized spacial score (nSPS) is 11.3. The molecule has 0 radical (unpaired) electrons. The molecule has 0 fully saturated rings. The van der Waals surface area contributed by atoms with Crippen molar-refractivity contribution in [3.63, 3.8) is 0 Å². The second-order valence-corrected chi connectivity index (χ2v) is 7.22. The minimum absolute atomic E-state index is 0.178. The van der Waals surface area contributed by atoms with E-state index in [4.69, 9.17) is 5.73 Å². The summed E-state index contributed by atoms with van der Waals surface area (Å²) in [6.07, 6.45) is 22.1. The Morgan fingerprint density at radius 3 is 1.96 bits per heavy atom. The van der Waals surface area contributed by atoms with E-state index < -0.39 is 0 Å². The fraction of sp³-hybridized carbons (Fsp3) is 0.864. The number of hydrogen-bond acceptors (Lipinski definition) is 3. The van der Waals surface area contributed by atoms with E-state index in [0.29, 0.717) is 19.5 Å². The molecule has 0 saturated carbocycles. The lowest BCUT2D eigenvalue weighted by Crippen LogP contribution is -2.33. The zero-order chi connectivity index (χ0) is 19.1. The average Bonchev–Trinajstić information content (AvgIpc) is 2.64. The molecular formula is C22H45N3O. The van der Waals surface area contributed by atoms with Crippen molar-refractivity contribution in [1.82, 2.24) is 10.6 Å². The van der Waals surface area contributed by atoms with Crippen molar-refractivity contribution in [3.8, 4) is 0 Å². The van der Waals surface area contributed by atoms with Crippen LogP contribution in [0.3, 0.4) is 0 Å². The number of rotatable bonds is 20. The summed E-state index contributed by atoms with van der Waals surface area (Å²) in [6, 6.07) is 0. The van der Waals surface area contributed by atoms with Crippen LogP contribution in [0.5, 0.6) is 0 Å². The third-order valence-electron chi connectivity index (χ3n) is 4.61. The highest BCUT2D eigenvalue weighted by molar-refractivity contribution is 5.75.